The summed E-state index contributed by atoms with van der Waals surface area (Å²) < 4.78 is 5.28. The van der Waals surface area contributed by atoms with Gasteiger partial charge in [0, 0.05) is 13.6 Å². The summed E-state index contributed by atoms with van der Waals surface area (Å²) in [5, 5.41) is 29.9. The highest BCUT2D eigenvalue weighted by atomic mass is 16.5. The van der Waals surface area contributed by atoms with Crippen LogP contribution >= 0.6 is 0 Å². The molecule has 2 amide bonds. The molecule has 2 rings (SSSR count). The van der Waals surface area contributed by atoms with Crippen molar-refractivity contribution in [1.29, 1.82) is 0 Å². The predicted molar refractivity (Wildman–Crippen MR) is 147 cm³/mol. The van der Waals surface area contributed by atoms with Crippen LogP contribution in [0.4, 0.5) is 0 Å². The van der Waals surface area contributed by atoms with E-state index in [1.807, 2.05) is 50.2 Å². The number of benzene rings is 2. The maximum atomic E-state index is 13.2. The Bertz CT molecular complexity index is 1080. The molecular formula is C26H40BN5O5. The van der Waals surface area contributed by atoms with Crippen molar-refractivity contribution in [2.24, 2.45) is 16.6 Å². The first-order valence-electron chi connectivity index (χ1n) is 12.6. The van der Waals surface area contributed by atoms with Gasteiger partial charge in [-0.25, -0.2) is 0 Å². The Morgan fingerprint density at radius 1 is 1.05 bits per heavy atom. The molecule has 3 atom stereocenters. The molecule has 2 aromatic rings. The summed E-state index contributed by atoms with van der Waals surface area (Å²) in [6.45, 7) is 6.10. The summed E-state index contributed by atoms with van der Waals surface area (Å²) in [4.78, 5) is 30.2. The van der Waals surface area contributed by atoms with Crippen LogP contribution in [0, 0.1) is 5.92 Å². The van der Waals surface area contributed by atoms with Gasteiger partial charge in [-0.2, -0.15) is 0 Å². The molecule has 0 radical (unpaired) electrons. The van der Waals surface area contributed by atoms with Crippen LogP contribution in [-0.2, 0) is 9.59 Å². The normalized spacial score (nSPS) is 14.1. The fourth-order valence-corrected chi connectivity index (χ4v) is 4.00. The second kappa shape index (κ2) is 14.4. The number of amides is 2. The molecule has 0 unspecified atom stereocenters. The van der Waals surface area contributed by atoms with Crippen LogP contribution in [0.1, 0.15) is 51.5 Å². The molecule has 2 aromatic carbocycles. The lowest BCUT2D eigenvalue weighted by atomic mass is 9.75. The van der Waals surface area contributed by atoms with Crippen molar-refractivity contribution in [2.45, 2.75) is 57.9 Å². The number of hydrogen-bond donors (Lipinski definition) is 6. The monoisotopic (exact) mass is 513 g/mol. The third kappa shape index (κ3) is 9.25. The topological polar surface area (TPSA) is 158 Å². The van der Waals surface area contributed by atoms with E-state index >= 15 is 0 Å². The number of rotatable bonds is 13. The van der Waals surface area contributed by atoms with E-state index in [1.54, 1.807) is 21.1 Å². The maximum Gasteiger partial charge on any atom is 0.475 e. The molecule has 0 saturated heterocycles. The van der Waals surface area contributed by atoms with E-state index in [1.165, 1.54) is 0 Å². The number of carbonyl (C=O) groups excluding carboxylic acids is 2. The van der Waals surface area contributed by atoms with Gasteiger partial charge < -0.3 is 36.5 Å². The second-order valence-corrected chi connectivity index (χ2v) is 9.59. The zero-order valence-electron chi connectivity index (χ0n) is 22.3. The lowest BCUT2D eigenvalue weighted by Gasteiger charge is -2.25. The number of methoxy groups -OCH3 is 1. The third-order valence-electron chi connectivity index (χ3n) is 6.23. The van der Waals surface area contributed by atoms with Crippen LogP contribution in [0.15, 0.2) is 41.4 Å². The van der Waals surface area contributed by atoms with Gasteiger partial charge in [0.05, 0.1) is 19.0 Å². The average Bonchev–Trinajstić information content (AvgIpc) is 2.88. The molecule has 11 heteroatoms. The van der Waals surface area contributed by atoms with Gasteiger partial charge in [0.25, 0.3) is 0 Å². The molecule has 7 N–H and O–H groups in total. The highest BCUT2D eigenvalue weighted by molar-refractivity contribution is 6.43. The third-order valence-corrected chi connectivity index (χ3v) is 6.23. The second-order valence-electron chi connectivity index (χ2n) is 9.59. The highest BCUT2D eigenvalue weighted by Crippen LogP contribution is 2.25. The Morgan fingerprint density at radius 3 is 2.35 bits per heavy atom. The van der Waals surface area contributed by atoms with Gasteiger partial charge in [0.2, 0.25) is 11.8 Å². The van der Waals surface area contributed by atoms with E-state index in [2.05, 4.69) is 20.9 Å². The Labute approximate surface area is 219 Å². The van der Waals surface area contributed by atoms with Crippen molar-refractivity contribution >= 4 is 35.7 Å². The van der Waals surface area contributed by atoms with Crippen LogP contribution < -0.4 is 26.4 Å². The molecule has 0 heterocycles. The lowest BCUT2D eigenvalue weighted by molar-refractivity contribution is -0.130. The zero-order chi connectivity index (χ0) is 27.5. The van der Waals surface area contributed by atoms with Crippen LogP contribution in [0.2, 0.25) is 0 Å². The van der Waals surface area contributed by atoms with Crippen LogP contribution in [0.5, 0.6) is 5.75 Å². The van der Waals surface area contributed by atoms with Gasteiger partial charge >= 0.3 is 7.12 Å². The Morgan fingerprint density at radius 2 is 1.73 bits per heavy atom. The molecule has 0 aromatic heterocycles. The fraction of sp³-hybridized carbons (Fsp3) is 0.500. The first-order valence-corrected chi connectivity index (χ1v) is 12.6. The molecule has 0 spiro atoms. The largest absolute Gasteiger partial charge is 0.497 e. The van der Waals surface area contributed by atoms with Crippen molar-refractivity contribution in [3.8, 4) is 5.75 Å². The van der Waals surface area contributed by atoms with Crippen molar-refractivity contribution in [3.63, 3.8) is 0 Å². The van der Waals surface area contributed by atoms with E-state index < -0.39 is 30.9 Å². The van der Waals surface area contributed by atoms with Crippen molar-refractivity contribution in [1.82, 2.24) is 16.0 Å². The molecule has 0 saturated carbocycles. The van der Waals surface area contributed by atoms with Crippen LogP contribution in [-0.4, -0.2) is 67.6 Å². The average molecular weight is 513 g/mol. The SMILES string of the molecule is CN=C(N)NCCC[C@H](NC(=O)[C@@H](C)c1ccc2cc(OC)ccc2c1)C(=O)N[C@@H](CC(C)C)B(O)O. The summed E-state index contributed by atoms with van der Waals surface area (Å²) in [6, 6.07) is 10.6. The standard InChI is InChI=1S/C26H40BN5O5/c1-16(2)13-23(27(35)36)32-25(34)22(7-6-12-30-26(28)29-4)31-24(33)17(3)18-8-9-20-15-21(37-5)11-10-19(20)14-18/h8-11,14-17,22-23,35-36H,6-7,12-13H2,1-5H3,(H,31,33)(H,32,34)(H3,28,29,30)/t17-,22-,23-/m0/s1. The minimum absolute atomic E-state index is 0.133. The predicted octanol–water partition coefficient (Wildman–Crippen LogP) is 1.29. The number of aliphatic imine (C=N–C) groups is 1. The number of nitrogens with zero attached hydrogens (tertiary/aromatic N) is 1. The summed E-state index contributed by atoms with van der Waals surface area (Å²) in [6.07, 6.45) is 1.23. The Balaban J connectivity index is 2.16. The van der Waals surface area contributed by atoms with E-state index in [4.69, 9.17) is 10.5 Å². The highest BCUT2D eigenvalue weighted by Gasteiger charge is 2.30. The van der Waals surface area contributed by atoms with Crippen LogP contribution in [0.3, 0.4) is 0 Å². The van der Waals surface area contributed by atoms with Crippen molar-refractivity contribution in [3.05, 3.63) is 42.0 Å². The van der Waals surface area contributed by atoms with E-state index in [-0.39, 0.29) is 17.8 Å². The van der Waals surface area contributed by atoms with Gasteiger partial charge in [0.1, 0.15) is 11.8 Å². The summed E-state index contributed by atoms with van der Waals surface area (Å²) >= 11 is 0. The molecule has 0 aliphatic rings. The van der Waals surface area contributed by atoms with Crippen LogP contribution in [0.25, 0.3) is 10.8 Å². The molecule has 10 nitrogen and oxygen atoms in total. The number of nitrogens with two attached hydrogens (primary N) is 1. The van der Waals surface area contributed by atoms with Gasteiger partial charge in [-0.05, 0) is 60.6 Å². The Hall–Kier alpha value is -3.31. The Kier molecular flexibility index (Phi) is 11.7. The number of hydrogen-bond acceptors (Lipinski definition) is 6. The minimum Gasteiger partial charge on any atom is -0.497 e. The van der Waals surface area contributed by atoms with E-state index in [0.717, 1.165) is 22.1 Å². The zero-order valence-corrected chi connectivity index (χ0v) is 22.3. The number of fused-ring (bicyclic) bond motifs is 1. The lowest BCUT2D eigenvalue weighted by Crippen LogP contribution is -2.54. The molecule has 202 valence electrons. The minimum atomic E-state index is -1.71. The van der Waals surface area contributed by atoms with Gasteiger partial charge in [-0.15, -0.1) is 0 Å². The molecule has 0 aliphatic carbocycles. The van der Waals surface area contributed by atoms with Crippen molar-refractivity contribution in [2.75, 3.05) is 20.7 Å². The molecule has 0 fully saturated rings. The molecule has 37 heavy (non-hydrogen) atoms. The number of carbonyl (C=O) groups is 2. The van der Waals surface area contributed by atoms with Gasteiger partial charge in [-0.1, -0.05) is 38.1 Å². The molecule has 0 bridgehead atoms. The van der Waals surface area contributed by atoms with E-state index in [0.29, 0.717) is 25.8 Å². The molecular weight excluding hydrogens is 473 g/mol. The van der Waals surface area contributed by atoms with Gasteiger partial charge in [-0.3, -0.25) is 14.6 Å². The van der Waals surface area contributed by atoms with Gasteiger partial charge in [0.15, 0.2) is 5.96 Å². The summed E-state index contributed by atoms with van der Waals surface area (Å²) in [5.41, 5.74) is 6.47. The number of ether oxygens (including phenoxy) is 1. The first-order chi connectivity index (χ1) is 17.5. The summed E-state index contributed by atoms with van der Waals surface area (Å²) in [7, 11) is 1.47. The van der Waals surface area contributed by atoms with E-state index in [9.17, 15) is 19.6 Å². The number of nitrogens with one attached hydrogen (secondary N) is 3. The number of guanidine groups is 1. The smallest absolute Gasteiger partial charge is 0.475 e. The maximum absolute atomic E-state index is 13.2. The summed E-state index contributed by atoms with van der Waals surface area (Å²) in [5.74, 6) is -0.963. The molecule has 0 aliphatic heterocycles. The quantitative estimate of drug-likeness (QED) is 0.102. The first kappa shape index (κ1) is 29.9. The van der Waals surface area contributed by atoms with Crippen molar-refractivity contribution < 1.29 is 24.4 Å². The fourth-order valence-electron chi connectivity index (χ4n) is 4.00.